The number of benzene rings is 1. The first-order valence-electron chi connectivity index (χ1n) is 9.72. The van der Waals surface area contributed by atoms with Gasteiger partial charge in [0.15, 0.2) is 6.79 Å². The van der Waals surface area contributed by atoms with Gasteiger partial charge in [-0.25, -0.2) is 8.42 Å². The van der Waals surface area contributed by atoms with E-state index in [2.05, 4.69) is 5.32 Å². The van der Waals surface area contributed by atoms with E-state index in [9.17, 15) is 23.1 Å². The van der Waals surface area contributed by atoms with Crippen LogP contribution in [0.15, 0.2) is 24.3 Å². The molecule has 174 valence electrons. The summed E-state index contributed by atoms with van der Waals surface area (Å²) < 4.78 is 40.0. The number of hydrogen-bond donors (Lipinski definition) is 2. The number of piperazine rings is 1. The molecule has 1 aromatic carbocycles. The predicted molar refractivity (Wildman–Crippen MR) is 112 cm³/mol. The highest BCUT2D eigenvalue weighted by Crippen LogP contribution is 2.13. The minimum atomic E-state index is -3.31. The van der Waals surface area contributed by atoms with Gasteiger partial charge in [0, 0.05) is 45.4 Å². The lowest BCUT2D eigenvalue weighted by molar-refractivity contribution is -0.143. The smallest absolute Gasteiger partial charge is 0.322 e. The molecule has 1 aliphatic rings. The Bertz CT molecular complexity index is 823. The fourth-order valence-corrected chi connectivity index (χ4v) is 3.85. The molecule has 1 amide bonds. The molecule has 1 aromatic rings. The number of carbonyl (C=O) groups is 2. The van der Waals surface area contributed by atoms with Crippen LogP contribution in [-0.4, -0.2) is 107 Å². The highest BCUT2D eigenvalue weighted by Gasteiger charge is 2.31. The number of amides is 1. The number of nitrogens with one attached hydrogen (secondary N) is 1. The Morgan fingerprint density at radius 1 is 1.13 bits per heavy atom. The fourth-order valence-electron chi connectivity index (χ4n) is 3.02. The first-order valence-corrected chi connectivity index (χ1v) is 11.6. The van der Waals surface area contributed by atoms with Gasteiger partial charge in [0.2, 0.25) is 10.0 Å². The third kappa shape index (κ3) is 8.07. The van der Waals surface area contributed by atoms with E-state index in [1.54, 1.807) is 36.3 Å². The van der Waals surface area contributed by atoms with Crippen molar-refractivity contribution in [3.63, 3.8) is 0 Å². The van der Waals surface area contributed by atoms with E-state index in [1.807, 2.05) is 0 Å². The van der Waals surface area contributed by atoms with Gasteiger partial charge >= 0.3 is 5.97 Å². The molecular formula is C19H29N3O8S. The summed E-state index contributed by atoms with van der Waals surface area (Å²) in [6, 6.07) is 5.43. The fraction of sp³-hybridized carbons (Fsp3) is 0.579. The van der Waals surface area contributed by atoms with E-state index in [1.165, 1.54) is 4.31 Å². The molecule has 12 heteroatoms. The van der Waals surface area contributed by atoms with Crippen LogP contribution in [0.3, 0.4) is 0 Å². The minimum Gasteiger partial charge on any atom is -0.480 e. The van der Waals surface area contributed by atoms with Gasteiger partial charge in [-0.15, -0.1) is 0 Å². The first kappa shape index (κ1) is 25.0. The van der Waals surface area contributed by atoms with Crippen molar-refractivity contribution in [3.8, 4) is 5.75 Å². The maximum absolute atomic E-state index is 12.4. The maximum atomic E-state index is 12.4. The average Bonchev–Trinajstić information content (AvgIpc) is 2.73. The number of sulfonamides is 1. The molecule has 0 aromatic heterocycles. The van der Waals surface area contributed by atoms with E-state index in [4.69, 9.17) is 14.2 Å². The van der Waals surface area contributed by atoms with Gasteiger partial charge in [0.25, 0.3) is 5.91 Å². The maximum Gasteiger partial charge on any atom is 0.322 e. The van der Waals surface area contributed by atoms with Gasteiger partial charge in [-0.2, -0.15) is 4.31 Å². The quantitative estimate of drug-likeness (QED) is 0.312. The molecule has 1 aliphatic heterocycles. The summed E-state index contributed by atoms with van der Waals surface area (Å²) in [5, 5.41) is 12.2. The van der Waals surface area contributed by atoms with Crippen molar-refractivity contribution in [3.05, 3.63) is 29.8 Å². The molecule has 1 fully saturated rings. The zero-order valence-electron chi connectivity index (χ0n) is 17.7. The number of hydrogen-bond acceptors (Lipinski definition) is 8. The van der Waals surface area contributed by atoms with Crippen LogP contribution in [0.2, 0.25) is 0 Å². The van der Waals surface area contributed by atoms with Crippen LogP contribution >= 0.6 is 0 Å². The summed E-state index contributed by atoms with van der Waals surface area (Å²) in [6.07, 6.45) is 1.13. The number of nitrogens with zero attached hydrogens (tertiary/aromatic N) is 2. The number of aliphatic carboxylic acids is 1. The molecule has 0 aliphatic carbocycles. The molecule has 2 N–H and O–H groups in total. The number of methoxy groups -OCH3 is 1. The summed E-state index contributed by atoms with van der Waals surface area (Å²) in [5.41, 5.74) is 0.360. The number of carboxylic acid groups (broad SMARTS) is 1. The average molecular weight is 460 g/mol. The topological polar surface area (TPSA) is 135 Å². The molecule has 1 saturated heterocycles. The highest BCUT2D eigenvalue weighted by atomic mass is 32.2. The predicted octanol–water partition coefficient (Wildman–Crippen LogP) is -0.554. The van der Waals surface area contributed by atoms with Crippen molar-refractivity contribution in [1.29, 1.82) is 0 Å². The van der Waals surface area contributed by atoms with Gasteiger partial charge in [-0.3, -0.25) is 14.5 Å². The van der Waals surface area contributed by atoms with Crippen LogP contribution in [0, 0.1) is 0 Å². The molecule has 31 heavy (non-hydrogen) atoms. The summed E-state index contributed by atoms with van der Waals surface area (Å²) in [5.74, 6) is -0.963. The molecule has 0 unspecified atom stereocenters. The molecule has 1 atom stereocenters. The highest BCUT2D eigenvalue weighted by molar-refractivity contribution is 7.88. The zero-order chi connectivity index (χ0) is 22.9. The zero-order valence-corrected chi connectivity index (χ0v) is 18.5. The van der Waals surface area contributed by atoms with Crippen LogP contribution in [0.25, 0.3) is 0 Å². The lowest BCUT2D eigenvalue weighted by atomic mass is 10.1. The van der Waals surface area contributed by atoms with Gasteiger partial charge in [-0.1, -0.05) is 0 Å². The number of ether oxygens (including phenoxy) is 3. The lowest BCUT2D eigenvalue weighted by Gasteiger charge is -2.36. The second kappa shape index (κ2) is 12.0. The molecule has 0 bridgehead atoms. The van der Waals surface area contributed by atoms with E-state index in [0.29, 0.717) is 24.5 Å². The van der Waals surface area contributed by atoms with Crippen molar-refractivity contribution in [2.75, 3.05) is 66.1 Å². The Balaban J connectivity index is 1.83. The van der Waals surface area contributed by atoms with Crippen LogP contribution in [0.5, 0.6) is 5.75 Å². The molecule has 0 radical (unpaired) electrons. The van der Waals surface area contributed by atoms with E-state index < -0.39 is 27.9 Å². The number of rotatable bonds is 12. The summed E-state index contributed by atoms with van der Waals surface area (Å²) in [7, 11) is -1.73. The van der Waals surface area contributed by atoms with Crippen LogP contribution in [0.4, 0.5) is 0 Å². The van der Waals surface area contributed by atoms with E-state index >= 15 is 0 Å². The van der Waals surface area contributed by atoms with Crippen LogP contribution in [0.1, 0.15) is 10.4 Å². The number of carboxylic acids is 1. The Morgan fingerprint density at radius 3 is 2.32 bits per heavy atom. The molecule has 11 nitrogen and oxygen atoms in total. The molecule has 0 spiro atoms. The minimum absolute atomic E-state index is 0.0573. The largest absolute Gasteiger partial charge is 0.480 e. The van der Waals surface area contributed by atoms with Gasteiger partial charge < -0.3 is 24.6 Å². The van der Waals surface area contributed by atoms with Crippen molar-refractivity contribution in [2.45, 2.75) is 6.04 Å². The second-order valence-corrected chi connectivity index (χ2v) is 8.93. The Labute approximate surface area is 181 Å². The van der Waals surface area contributed by atoms with Crippen molar-refractivity contribution in [2.24, 2.45) is 0 Å². The molecular weight excluding hydrogens is 430 g/mol. The standard InChI is InChI=1S/C19H29N3O8S/c1-28-11-12-29-14-30-16-5-3-15(4-6-16)18(23)20-13-17(19(24)25)21-7-9-22(10-8-21)31(2,26)27/h3-6,17H,7-14H2,1-2H3,(H,20,23)(H,24,25)/t17-/m1/s1. The number of carbonyl (C=O) groups excluding carboxylic acids is 1. The first-order chi connectivity index (χ1) is 14.7. The SMILES string of the molecule is COCCOCOc1ccc(C(=O)NC[C@H](C(=O)O)N2CCN(S(C)(=O)=O)CC2)cc1. The van der Waals surface area contributed by atoms with Gasteiger partial charge in [0.1, 0.15) is 11.8 Å². The van der Waals surface area contributed by atoms with Crippen LogP contribution in [-0.2, 0) is 24.3 Å². The Kier molecular flexibility index (Phi) is 9.65. The van der Waals surface area contributed by atoms with Crippen molar-refractivity contribution >= 4 is 21.9 Å². The van der Waals surface area contributed by atoms with Gasteiger partial charge in [0.05, 0.1) is 19.5 Å². The van der Waals surface area contributed by atoms with Crippen LogP contribution < -0.4 is 10.1 Å². The summed E-state index contributed by atoms with van der Waals surface area (Å²) in [4.78, 5) is 25.7. The summed E-state index contributed by atoms with van der Waals surface area (Å²) in [6.45, 7) is 1.82. The van der Waals surface area contributed by atoms with Crippen molar-refractivity contribution in [1.82, 2.24) is 14.5 Å². The monoisotopic (exact) mass is 459 g/mol. The van der Waals surface area contributed by atoms with Gasteiger partial charge in [-0.05, 0) is 24.3 Å². The summed E-state index contributed by atoms with van der Waals surface area (Å²) >= 11 is 0. The molecule has 1 heterocycles. The lowest BCUT2D eigenvalue weighted by Crippen LogP contribution is -2.56. The molecule has 2 rings (SSSR count). The van der Waals surface area contributed by atoms with Crippen molar-refractivity contribution < 1.29 is 37.3 Å². The Hall–Kier alpha value is -2.25. The normalized spacial score (nSPS) is 16.6. The van der Waals surface area contributed by atoms with E-state index in [0.717, 1.165) is 6.26 Å². The Morgan fingerprint density at radius 2 is 1.77 bits per heavy atom. The third-order valence-corrected chi connectivity index (χ3v) is 6.08. The second-order valence-electron chi connectivity index (χ2n) is 6.95. The van der Waals surface area contributed by atoms with E-state index in [-0.39, 0.29) is 39.5 Å². The molecule has 0 saturated carbocycles. The third-order valence-electron chi connectivity index (χ3n) is 4.78.